The Morgan fingerprint density at radius 3 is 1.91 bits per heavy atom. The minimum absolute atomic E-state index is 0.231. The van der Waals surface area contributed by atoms with Crippen molar-refractivity contribution in [1.82, 2.24) is 5.32 Å². The maximum Gasteiger partial charge on any atom is 0.322 e. The number of hydrogen-bond donors (Lipinski definition) is 3. The van der Waals surface area contributed by atoms with E-state index in [0.29, 0.717) is 18.4 Å². The molecule has 5 nitrogen and oxygen atoms in total. The number of aryl methyl sites for hydroxylation is 2. The Bertz CT molecular complexity index is 1100. The molecule has 0 atom stereocenters. The summed E-state index contributed by atoms with van der Waals surface area (Å²) in [6.45, 7) is 11.7. The van der Waals surface area contributed by atoms with Crippen LogP contribution in [0.1, 0.15) is 91.6 Å². The molecule has 0 bridgehead atoms. The molecule has 2 aromatic rings. The summed E-state index contributed by atoms with van der Waals surface area (Å²) in [7, 11) is 0. The van der Waals surface area contributed by atoms with Crippen LogP contribution in [0.25, 0.3) is 0 Å². The third-order valence-corrected chi connectivity index (χ3v) is 7.01. The molecule has 0 unspecified atom stereocenters. The Morgan fingerprint density at radius 2 is 1.44 bits per heavy atom. The van der Waals surface area contributed by atoms with E-state index in [-0.39, 0.29) is 11.3 Å². The Morgan fingerprint density at radius 1 is 0.882 bits per heavy atom. The van der Waals surface area contributed by atoms with Crippen molar-refractivity contribution < 1.29 is 19.8 Å². The van der Waals surface area contributed by atoms with E-state index in [1.165, 1.54) is 5.56 Å². The molecular weight excluding hydrogens is 426 g/mol. The molecule has 2 aromatic carbocycles. The highest BCUT2D eigenvalue weighted by Crippen LogP contribution is 2.40. The van der Waals surface area contributed by atoms with Gasteiger partial charge in [0.05, 0.1) is 0 Å². The fourth-order valence-corrected chi connectivity index (χ4v) is 4.41. The number of carboxylic acid groups (broad SMARTS) is 1. The van der Waals surface area contributed by atoms with Crippen molar-refractivity contribution in [2.24, 2.45) is 0 Å². The molecule has 5 heteroatoms. The quantitative estimate of drug-likeness (QED) is 0.450. The maximum absolute atomic E-state index is 12.4. The van der Waals surface area contributed by atoms with Crippen LogP contribution in [0, 0.1) is 25.7 Å². The molecule has 3 N–H and O–H groups in total. The number of carbonyl (C=O) groups is 2. The Labute approximate surface area is 203 Å². The van der Waals surface area contributed by atoms with Crippen LogP contribution in [0.15, 0.2) is 36.4 Å². The lowest BCUT2D eigenvalue weighted by Crippen LogP contribution is -2.30. The highest BCUT2D eigenvalue weighted by Gasteiger charge is 2.31. The second-order valence-electron chi connectivity index (χ2n) is 8.91. The largest absolute Gasteiger partial charge is 0.480 e. The van der Waals surface area contributed by atoms with Crippen molar-refractivity contribution in [2.45, 2.75) is 78.2 Å². The van der Waals surface area contributed by atoms with E-state index in [4.69, 9.17) is 5.11 Å². The van der Waals surface area contributed by atoms with Crippen molar-refractivity contribution in [2.75, 3.05) is 6.54 Å². The van der Waals surface area contributed by atoms with Gasteiger partial charge in [-0.25, -0.2) is 0 Å². The molecule has 0 spiro atoms. The van der Waals surface area contributed by atoms with Crippen molar-refractivity contribution in [3.8, 4) is 11.8 Å². The molecule has 0 radical (unpaired) electrons. The van der Waals surface area contributed by atoms with Gasteiger partial charge in [0.1, 0.15) is 12.1 Å². The van der Waals surface area contributed by atoms with Gasteiger partial charge in [0.15, 0.2) is 0 Å². The Kier molecular flexibility index (Phi) is 9.06. The molecule has 182 valence electrons. The molecule has 0 aliphatic rings. The highest BCUT2D eigenvalue weighted by molar-refractivity contribution is 5.97. The minimum atomic E-state index is -1.07. The van der Waals surface area contributed by atoms with E-state index >= 15 is 0 Å². The van der Waals surface area contributed by atoms with Gasteiger partial charge in [0.25, 0.3) is 5.91 Å². The van der Waals surface area contributed by atoms with Crippen molar-refractivity contribution in [3.05, 3.63) is 69.8 Å². The van der Waals surface area contributed by atoms with Crippen LogP contribution in [0.4, 0.5) is 0 Å². The molecule has 0 aromatic heterocycles. The van der Waals surface area contributed by atoms with Gasteiger partial charge in [-0.15, -0.1) is 0 Å². The molecule has 0 aliphatic carbocycles. The predicted molar refractivity (Wildman–Crippen MR) is 136 cm³/mol. The SMILES string of the molecule is CCC(O)(C#Cc1ccc(C(CC)(CC)c2ccc(C(=O)NCC(=O)O)c(C)c2)cc1C)CC. The molecule has 1 amide bonds. The lowest BCUT2D eigenvalue weighted by atomic mass is 9.69. The fraction of sp³-hybridized carbons (Fsp3) is 0.448. The first-order chi connectivity index (χ1) is 16.1. The molecule has 0 saturated carbocycles. The van der Waals surface area contributed by atoms with Crippen molar-refractivity contribution >= 4 is 11.9 Å². The standard InChI is InChI=1S/C29H37NO4/c1-7-28(34,8-2)16-15-22-11-12-23(17-20(22)5)29(9-3,10-4)24-13-14-25(21(6)18-24)27(33)30-19-26(31)32/h11-14,17-18,34H,7-10,19H2,1-6H3,(H,30,33)(H,31,32). The van der Waals surface area contributed by atoms with E-state index in [1.54, 1.807) is 6.07 Å². The second-order valence-corrected chi connectivity index (χ2v) is 8.91. The van der Waals surface area contributed by atoms with E-state index < -0.39 is 18.1 Å². The molecule has 2 rings (SSSR count). The predicted octanol–water partition coefficient (Wildman–Crippen LogP) is 5.13. The van der Waals surface area contributed by atoms with Crippen LogP contribution >= 0.6 is 0 Å². The summed E-state index contributed by atoms with van der Waals surface area (Å²) in [6, 6.07) is 12.1. The first-order valence-electron chi connectivity index (χ1n) is 12.0. The zero-order valence-corrected chi connectivity index (χ0v) is 21.2. The van der Waals surface area contributed by atoms with Crippen LogP contribution < -0.4 is 5.32 Å². The average Bonchev–Trinajstić information content (AvgIpc) is 2.83. The summed E-state index contributed by atoms with van der Waals surface area (Å²) >= 11 is 0. The number of amides is 1. The van der Waals surface area contributed by atoms with Gasteiger partial charge in [0.2, 0.25) is 0 Å². The number of hydrogen-bond acceptors (Lipinski definition) is 3. The maximum atomic E-state index is 12.4. The van der Waals surface area contributed by atoms with Crippen LogP contribution in [0.5, 0.6) is 0 Å². The van der Waals surface area contributed by atoms with Gasteiger partial charge < -0.3 is 15.5 Å². The first-order valence-corrected chi connectivity index (χ1v) is 12.0. The zero-order valence-electron chi connectivity index (χ0n) is 21.2. The Balaban J connectivity index is 2.46. The number of carbonyl (C=O) groups excluding carboxylic acids is 1. The molecular formula is C29H37NO4. The van der Waals surface area contributed by atoms with Crippen LogP contribution in [0.3, 0.4) is 0 Å². The van der Waals surface area contributed by atoms with Gasteiger partial charge in [-0.2, -0.15) is 0 Å². The van der Waals surface area contributed by atoms with Gasteiger partial charge in [-0.3, -0.25) is 9.59 Å². The van der Waals surface area contributed by atoms with Gasteiger partial charge in [0, 0.05) is 16.5 Å². The summed E-state index contributed by atoms with van der Waals surface area (Å²) in [5.41, 5.74) is 4.37. The minimum Gasteiger partial charge on any atom is -0.480 e. The fourth-order valence-electron chi connectivity index (χ4n) is 4.41. The van der Waals surface area contributed by atoms with Crippen molar-refractivity contribution in [3.63, 3.8) is 0 Å². The van der Waals surface area contributed by atoms with Crippen LogP contribution in [-0.4, -0.2) is 34.2 Å². The molecule has 0 saturated heterocycles. The summed E-state index contributed by atoms with van der Waals surface area (Å²) in [5.74, 6) is 4.76. The first kappa shape index (κ1) is 27.1. The lowest BCUT2D eigenvalue weighted by Gasteiger charge is -2.34. The number of carboxylic acids is 1. The Hall–Kier alpha value is -3.10. The highest BCUT2D eigenvalue weighted by atomic mass is 16.4. The number of nitrogens with one attached hydrogen (secondary N) is 1. The van der Waals surface area contributed by atoms with Gasteiger partial charge in [-0.05, 0) is 73.9 Å². The number of benzene rings is 2. The number of aliphatic carboxylic acids is 1. The van der Waals surface area contributed by atoms with E-state index in [1.807, 2.05) is 45.9 Å². The monoisotopic (exact) mass is 463 g/mol. The topological polar surface area (TPSA) is 86.6 Å². The smallest absolute Gasteiger partial charge is 0.322 e. The average molecular weight is 464 g/mol. The van der Waals surface area contributed by atoms with Gasteiger partial charge >= 0.3 is 5.97 Å². The summed E-state index contributed by atoms with van der Waals surface area (Å²) < 4.78 is 0. The van der Waals surface area contributed by atoms with Crippen LogP contribution in [0.2, 0.25) is 0 Å². The van der Waals surface area contributed by atoms with Gasteiger partial charge in [-0.1, -0.05) is 63.8 Å². The van der Waals surface area contributed by atoms with Crippen LogP contribution in [-0.2, 0) is 10.2 Å². The molecule has 34 heavy (non-hydrogen) atoms. The van der Waals surface area contributed by atoms with Crippen molar-refractivity contribution in [1.29, 1.82) is 0 Å². The van der Waals surface area contributed by atoms with E-state index in [2.05, 4.69) is 43.1 Å². The van der Waals surface area contributed by atoms with E-state index in [9.17, 15) is 14.7 Å². The molecule has 0 aliphatic heterocycles. The summed E-state index contributed by atoms with van der Waals surface area (Å²) in [4.78, 5) is 23.2. The molecule has 0 heterocycles. The molecule has 0 fully saturated rings. The third kappa shape index (κ3) is 5.87. The number of rotatable bonds is 9. The zero-order chi connectivity index (χ0) is 25.5. The summed E-state index contributed by atoms with van der Waals surface area (Å²) in [5, 5.41) is 21.8. The third-order valence-electron chi connectivity index (χ3n) is 7.01. The normalized spacial score (nSPS) is 11.5. The lowest BCUT2D eigenvalue weighted by molar-refractivity contribution is -0.135. The summed E-state index contributed by atoms with van der Waals surface area (Å²) in [6.07, 6.45) is 2.94. The van der Waals surface area contributed by atoms with E-state index in [0.717, 1.165) is 35.1 Å². The number of aliphatic hydroxyl groups is 1. The second kappa shape index (κ2) is 11.4.